The van der Waals surface area contributed by atoms with E-state index in [9.17, 15) is 59.4 Å². The summed E-state index contributed by atoms with van der Waals surface area (Å²) < 4.78 is 27.4. The van der Waals surface area contributed by atoms with Gasteiger partial charge in [0.2, 0.25) is 5.78 Å². The molecule has 0 aliphatic heterocycles. The number of unbranched alkanes of at least 4 members (excludes halogenated alkanes) is 1. The second-order valence-electron chi connectivity index (χ2n) is 16.8. The largest absolute Gasteiger partial charge is 0.514 e. The molecule has 4 aliphatic rings. The number of halogens is 1. The Labute approximate surface area is 375 Å². The summed E-state index contributed by atoms with van der Waals surface area (Å²) in [4.78, 5) is 110. The highest BCUT2D eigenvalue weighted by Crippen LogP contribution is 2.72. The van der Waals surface area contributed by atoms with Gasteiger partial charge < -0.3 is 43.3 Å². The first-order valence-electron chi connectivity index (χ1n) is 20.7. The Kier molecular flexibility index (Phi) is 15.7. The predicted molar refractivity (Wildman–Crippen MR) is 218 cm³/mol. The normalized spacial score (nSPS) is 29.0. The summed E-state index contributed by atoms with van der Waals surface area (Å²) in [6.07, 6.45) is 1.83. The molecule has 3 unspecified atom stereocenters. The van der Waals surface area contributed by atoms with Crippen molar-refractivity contribution in [2.75, 3.05) is 33.5 Å². The molecule has 0 spiro atoms. The van der Waals surface area contributed by atoms with Crippen molar-refractivity contribution in [1.82, 2.24) is 0 Å². The average molecular weight is 940 g/mol. The number of ether oxygens (including phenoxy) is 5. The molecule has 356 valence electrons. The topological polar surface area (TPSA) is 309 Å². The van der Waals surface area contributed by atoms with E-state index < -0.39 is 110 Å². The Morgan fingerprint density at radius 3 is 2.35 bits per heavy atom. The number of nitrogens with zero attached hydrogens (tertiary/aromatic N) is 3. The summed E-state index contributed by atoms with van der Waals surface area (Å²) in [7, 11) is 1.22. The van der Waals surface area contributed by atoms with Crippen LogP contribution in [0.3, 0.4) is 0 Å². The Hall–Kier alpha value is -6.10. The molecule has 1 N–H and O–H groups in total. The fraction of sp³-hybridized carbons (Fsp3) is 0.634. The number of hydrogen-bond acceptors (Lipinski definition) is 20. The van der Waals surface area contributed by atoms with Crippen molar-refractivity contribution in [3.63, 3.8) is 0 Å². The van der Waals surface area contributed by atoms with Crippen LogP contribution >= 0.6 is 11.6 Å². The van der Waals surface area contributed by atoms with E-state index >= 15 is 0 Å². The van der Waals surface area contributed by atoms with Gasteiger partial charge in [0.1, 0.15) is 12.7 Å². The van der Waals surface area contributed by atoms with Crippen LogP contribution in [0.2, 0.25) is 0 Å². The maximum absolute atomic E-state index is 14.7. The van der Waals surface area contributed by atoms with Crippen molar-refractivity contribution < 1.29 is 82.5 Å². The molecule has 9 atom stereocenters. The van der Waals surface area contributed by atoms with Crippen molar-refractivity contribution in [2.24, 2.45) is 28.6 Å². The van der Waals surface area contributed by atoms with Crippen LogP contribution in [0.15, 0.2) is 42.0 Å². The van der Waals surface area contributed by atoms with Gasteiger partial charge in [0.25, 0.3) is 15.3 Å². The van der Waals surface area contributed by atoms with Crippen LogP contribution in [0.5, 0.6) is 11.5 Å². The highest BCUT2D eigenvalue weighted by atomic mass is 35.5. The third-order valence-electron chi connectivity index (χ3n) is 13.3. The van der Waals surface area contributed by atoms with Gasteiger partial charge in [-0.1, -0.05) is 32.4 Å². The number of aliphatic hydroxyl groups excluding tert-OH is 1. The minimum atomic E-state index is -2.00. The molecule has 0 bridgehead atoms. The summed E-state index contributed by atoms with van der Waals surface area (Å²) in [5, 5.41) is 40.7. The molecular formula is C41H50ClN3O20. The number of fused-ring (bicyclic) bond motifs is 5. The maximum atomic E-state index is 14.7. The van der Waals surface area contributed by atoms with E-state index in [1.165, 1.54) is 31.4 Å². The van der Waals surface area contributed by atoms with Crippen molar-refractivity contribution in [2.45, 2.75) is 101 Å². The van der Waals surface area contributed by atoms with Crippen LogP contribution in [0, 0.1) is 58.9 Å². The number of carbonyl (C=O) groups excluding carboxylic acids is 5. The van der Waals surface area contributed by atoms with E-state index in [1.807, 2.05) is 6.92 Å². The Morgan fingerprint density at radius 1 is 0.954 bits per heavy atom. The summed E-state index contributed by atoms with van der Waals surface area (Å²) in [5.41, 5.74) is -3.45. The van der Waals surface area contributed by atoms with Gasteiger partial charge in [-0.3, -0.25) is 14.4 Å². The number of hydrogen-bond donors (Lipinski definition) is 1. The molecule has 0 amide bonds. The number of Topliss-reactive ketones (excluding diaryl/α,β-unsaturated/α-hetero) is 1. The molecule has 5 rings (SSSR count). The average Bonchev–Trinajstić information content (AvgIpc) is 3.45. The van der Waals surface area contributed by atoms with Gasteiger partial charge in [-0.05, 0) is 93.6 Å². The van der Waals surface area contributed by atoms with E-state index in [0.717, 1.165) is 5.57 Å². The number of alkyl halides is 1. The number of aliphatic hydroxyl groups is 1. The number of benzene rings is 1. The molecule has 3 fully saturated rings. The summed E-state index contributed by atoms with van der Waals surface area (Å²) in [5.74, 6) is -4.63. The number of ketones is 2. The van der Waals surface area contributed by atoms with E-state index in [4.69, 9.17) is 35.3 Å². The minimum absolute atomic E-state index is 0.0120. The second-order valence-corrected chi connectivity index (χ2v) is 17.4. The molecule has 23 nitrogen and oxygen atoms in total. The quantitative estimate of drug-likeness (QED) is 0.0302. The molecule has 0 aromatic heterocycles. The van der Waals surface area contributed by atoms with Crippen molar-refractivity contribution in [3.8, 4) is 11.5 Å². The lowest BCUT2D eigenvalue weighted by atomic mass is 9.45. The van der Waals surface area contributed by atoms with E-state index in [-0.39, 0.29) is 68.0 Å². The lowest BCUT2D eigenvalue weighted by molar-refractivity contribution is -0.790. The third kappa shape index (κ3) is 10.2. The van der Waals surface area contributed by atoms with Crippen LogP contribution in [0.1, 0.15) is 88.9 Å². The highest BCUT2D eigenvalue weighted by Gasteiger charge is 2.76. The molecule has 1 aromatic rings. The zero-order valence-corrected chi connectivity index (χ0v) is 36.7. The Morgan fingerprint density at radius 2 is 1.68 bits per heavy atom. The zero-order chi connectivity index (χ0) is 47.9. The van der Waals surface area contributed by atoms with Crippen molar-refractivity contribution >= 4 is 41.3 Å². The van der Waals surface area contributed by atoms with Crippen LogP contribution < -0.4 is 9.47 Å². The maximum Gasteiger partial charge on any atom is 0.514 e. The molecular weight excluding hydrogens is 890 g/mol. The summed E-state index contributed by atoms with van der Waals surface area (Å²) in [6.45, 7) is 3.12. The molecule has 4 aliphatic carbocycles. The first-order valence-corrected chi connectivity index (χ1v) is 21.1. The van der Waals surface area contributed by atoms with Crippen molar-refractivity contribution in [3.05, 3.63) is 77.9 Å². The SMILES string of the molecule is COc1cc(C(=O)OCCCCC(CO[N+](=O)[O-])O[N+](=O)[O-])ccc1OC(=O)OCC(=O)[C@@]1(OC(=O)CCCO[N+](=O)[O-])[C@@H](C)CC2C3CCC4=CC(=O)C=C[C@]4(C)[C@@]3(Cl)[C@@H](O)C[C@@]21C. The number of allylic oxidation sites excluding steroid dienone is 4. The second kappa shape index (κ2) is 20.4. The zero-order valence-electron chi connectivity index (χ0n) is 36.0. The Balaban J connectivity index is 1.28. The monoisotopic (exact) mass is 939 g/mol. The number of methoxy groups -OCH3 is 1. The van der Waals surface area contributed by atoms with Gasteiger partial charge in [-0.25, -0.2) is 9.59 Å². The van der Waals surface area contributed by atoms with E-state index in [0.29, 0.717) is 19.3 Å². The molecule has 0 heterocycles. The first kappa shape index (κ1) is 49.9. The van der Waals surface area contributed by atoms with Crippen LogP contribution in [0.25, 0.3) is 0 Å². The van der Waals surface area contributed by atoms with E-state index in [2.05, 4.69) is 14.5 Å². The van der Waals surface area contributed by atoms with Gasteiger partial charge in [0.15, 0.2) is 29.5 Å². The molecule has 3 saturated carbocycles. The smallest absolute Gasteiger partial charge is 0.493 e. The summed E-state index contributed by atoms with van der Waals surface area (Å²) >= 11 is 7.58. The van der Waals surface area contributed by atoms with Crippen LogP contribution in [-0.2, 0) is 43.1 Å². The number of rotatable bonds is 22. The van der Waals surface area contributed by atoms with Crippen LogP contribution in [0.4, 0.5) is 4.79 Å². The fourth-order valence-corrected chi connectivity index (χ4v) is 10.9. The van der Waals surface area contributed by atoms with Gasteiger partial charge in [-0.15, -0.1) is 41.9 Å². The highest BCUT2D eigenvalue weighted by molar-refractivity contribution is 6.26. The lowest BCUT2D eigenvalue weighted by Gasteiger charge is -2.64. The lowest BCUT2D eigenvalue weighted by Crippen LogP contribution is -2.69. The number of carbonyl (C=O) groups is 5. The summed E-state index contributed by atoms with van der Waals surface area (Å²) in [6, 6.07) is 3.65. The van der Waals surface area contributed by atoms with Gasteiger partial charge in [-0.2, -0.15) is 0 Å². The standard InChI is InChI=1S/C41H50ClN3O20/c1-24-18-30-29-12-11-26-20-27(46)14-15-38(26,2)40(29,42)33(47)21-39(30,3)41(24,64-35(49)9-7-17-61-43(52)53)34(48)23-60-37(51)63-31-13-10-25(19-32(31)58-4)36(50)59-16-6-5-8-28(65-45(56)57)22-62-44(54)55/h10,13-15,19-20,24,28-30,33,47H,5-9,11-12,16-18,21-23H2,1-4H3/t24-,28?,29?,30?,33-,38-,39-,40-,41-/m0/s1. The van der Waals surface area contributed by atoms with Gasteiger partial charge >= 0.3 is 18.1 Å². The van der Waals surface area contributed by atoms with E-state index in [1.54, 1.807) is 26.0 Å². The predicted octanol–water partition coefficient (Wildman–Crippen LogP) is 5.05. The minimum Gasteiger partial charge on any atom is -0.493 e. The van der Waals surface area contributed by atoms with Crippen LogP contribution in [-0.4, -0.2) is 106 Å². The first-order chi connectivity index (χ1) is 30.6. The van der Waals surface area contributed by atoms with Crippen molar-refractivity contribution in [1.29, 1.82) is 0 Å². The van der Waals surface area contributed by atoms with Gasteiger partial charge in [0, 0.05) is 23.2 Å². The molecule has 65 heavy (non-hydrogen) atoms. The molecule has 24 heteroatoms. The van der Waals surface area contributed by atoms with Gasteiger partial charge in [0.05, 0.1) is 36.9 Å². The Bertz CT molecular complexity index is 2120. The third-order valence-corrected chi connectivity index (χ3v) is 14.2. The molecule has 0 radical (unpaired) electrons. The molecule has 1 aromatic carbocycles. The fourth-order valence-electron chi connectivity index (χ4n) is 10.4. The number of esters is 2. The molecule has 0 saturated heterocycles.